The molecule has 0 bridgehead atoms. The first-order valence-electron chi connectivity index (χ1n) is 10.6. The van der Waals surface area contributed by atoms with Crippen molar-refractivity contribution < 1.29 is 35.0 Å². The van der Waals surface area contributed by atoms with Gasteiger partial charge in [-0.3, -0.25) is 0 Å². The van der Waals surface area contributed by atoms with Crippen LogP contribution in [-0.4, -0.2) is 74.0 Å². The molecule has 3 rings (SSSR count). The third-order valence-electron chi connectivity index (χ3n) is 7.86. The number of ether oxygens (including phenoxy) is 2. The summed E-state index contributed by atoms with van der Waals surface area (Å²) in [5.74, 6) is 0.340. The number of aliphatic hydroxyl groups is 5. The Bertz CT molecular complexity index is 549. The molecule has 1 saturated heterocycles. The van der Waals surface area contributed by atoms with Crippen LogP contribution in [0.2, 0.25) is 0 Å². The molecule has 7 nitrogen and oxygen atoms in total. The molecule has 2 saturated carbocycles. The first kappa shape index (κ1) is 22.4. The van der Waals surface area contributed by atoms with Gasteiger partial charge in [-0.05, 0) is 70.1 Å². The van der Waals surface area contributed by atoms with Crippen molar-refractivity contribution in [1.29, 1.82) is 0 Å². The van der Waals surface area contributed by atoms with Crippen molar-refractivity contribution in [3.8, 4) is 0 Å². The Labute approximate surface area is 167 Å². The average Bonchev–Trinajstić information content (AvgIpc) is 2.61. The first-order chi connectivity index (χ1) is 12.9. The Hall–Kier alpha value is -0.280. The lowest BCUT2D eigenvalue weighted by Crippen LogP contribution is -2.61. The molecule has 28 heavy (non-hydrogen) atoms. The predicted octanol–water partition coefficient (Wildman–Crippen LogP) is 0.939. The summed E-state index contributed by atoms with van der Waals surface area (Å²) in [5, 5.41) is 50.7. The topological polar surface area (TPSA) is 120 Å². The van der Waals surface area contributed by atoms with Gasteiger partial charge in [0.05, 0.1) is 17.8 Å². The minimum Gasteiger partial charge on any atom is -0.394 e. The molecule has 5 N–H and O–H groups in total. The number of aliphatic hydroxyl groups excluding tert-OH is 4. The second kappa shape index (κ2) is 7.76. The van der Waals surface area contributed by atoms with Crippen molar-refractivity contribution in [1.82, 2.24) is 0 Å². The second-order valence-corrected chi connectivity index (χ2v) is 10.3. The molecule has 0 aromatic heterocycles. The molecule has 0 aromatic rings. The van der Waals surface area contributed by atoms with E-state index in [1.54, 1.807) is 0 Å². The van der Waals surface area contributed by atoms with Gasteiger partial charge in [0.25, 0.3) is 0 Å². The lowest BCUT2D eigenvalue weighted by Gasteiger charge is -2.56. The van der Waals surface area contributed by atoms with Gasteiger partial charge in [-0.15, -0.1) is 0 Å². The molecule has 164 valence electrons. The van der Waals surface area contributed by atoms with Gasteiger partial charge in [-0.25, -0.2) is 0 Å². The summed E-state index contributed by atoms with van der Waals surface area (Å²) in [7, 11) is 0. The smallest absolute Gasteiger partial charge is 0.187 e. The highest BCUT2D eigenvalue weighted by atomic mass is 16.7. The van der Waals surface area contributed by atoms with Gasteiger partial charge in [0.2, 0.25) is 0 Å². The molecule has 0 amide bonds. The Morgan fingerprint density at radius 1 is 1.04 bits per heavy atom. The van der Waals surface area contributed by atoms with E-state index in [1.807, 2.05) is 20.8 Å². The van der Waals surface area contributed by atoms with E-state index < -0.39 is 48.5 Å². The summed E-state index contributed by atoms with van der Waals surface area (Å²) in [6, 6.07) is 0. The fourth-order valence-corrected chi connectivity index (χ4v) is 5.88. The molecule has 7 heteroatoms. The van der Waals surface area contributed by atoms with Crippen molar-refractivity contribution in [2.24, 2.45) is 17.3 Å². The molecule has 0 unspecified atom stereocenters. The van der Waals surface area contributed by atoms with Gasteiger partial charge in [0.15, 0.2) is 6.29 Å². The normalized spacial score (nSPS) is 50.2. The summed E-state index contributed by atoms with van der Waals surface area (Å²) in [4.78, 5) is 0. The van der Waals surface area contributed by atoms with Gasteiger partial charge in [0, 0.05) is 0 Å². The Kier molecular flexibility index (Phi) is 6.21. The van der Waals surface area contributed by atoms with Gasteiger partial charge < -0.3 is 35.0 Å². The van der Waals surface area contributed by atoms with Gasteiger partial charge >= 0.3 is 0 Å². The summed E-state index contributed by atoms with van der Waals surface area (Å²) in [5.41, 5.74) is -1.22. The maximum Gasteiger partial charge on any atom is 0.187 e. The monoisotopic (exact) mass is 402 g/mol. The number of rotatable bonds is 4. The molecule has 0 radical (unpaired) electrons. The van der Waals surface area contributed by atoms with E-state index in [-0.39, 0.29) is 17.3 Å². The molecule has 3 aliphatic rings. The maximum absolute atomic E-state index is 11.0. The Morgan fingerprint density at radius 3 is 2.36 bits per heavy atom. The minimum atomic E-state index is -1.44. The van der Waals surface area contributed by atoms with Crippen LogP contribution in [-0.2, 0) is 9.47 Å². The highest BCUT2D eigenvalue weighted by molar-refractivity contribution is 5.03. The zero-order chi connectivity index (χ0) is 20.9. The van der Waals surface area contributed by atoms with Gasteiger partial charge in [-0.2, -0.15) is 0 Å². The van der Waals surface area contributed by atoms with Crippen LogP contribution in [0.25, 0.3) is 0 Å². The summed E-state index contributed by atoms with van der Waals surface area (Å²) < 4.78 is 11.7. The van der Waals surface area contributed by atoms with Gasteiger partial charge in [-0.1, -0.05) is 13.3 Å². The van der Waals surface area contributed by atoms with Crippen molar-refractivity contribution in [2.45, 2.75) is 108 Å². The quantitative estimate of drug-likeness (QED) is 0.475. The fourth-order valence-electron chi connectivity index (χ4n) is 5.88. The average molecular weight is 403 g/mol. The van der Waals surface area contributed by atoms with Crippen molar-refractivity contribution >= 4 is 0 Å². The van der Waals surface area contributed by atoms with E-state index in [2.05, 4.69) is 6.92 Å². The van der Waals surface area contributed by atoms with E-state index in [9.17, 15) is 25.5 Å². The largest absolute Gasteiger partial charge is 0.394 e. The van der Waals surface area contributed by atoms with E-state index >= 15 is 0 Å². The third kappa shape index (κ3) is 4.00. The summed E-state index contributed by atoms with van der Waals surface area (Å²) >= 11 is 0. The lowest BCUT2D eigenvalue weighted by atomic mass is 9.52. The maximum atomic E-state index is 11.0. The summed E-state index contributed by atoms with van der Waals surface area (Å²) in [6.07, 6.45) is -0.558. The molecular formula is C21H38O7. The van der Waals surface area contributed by atoms with Crippen LogP contribution in [0.4, 0.5) is 0 Å². The Balaban J connectivity index is 1.72. The molecule has 0 aromatic carbocycles. The molecule has 0 spiro atoms. The SMILES string of the molecule is CC(C)(O[C@@H]1O[C@H](CO)[C@@H](O)[C@H](O)[C@H]1O)[C@@H]1CC[C@@]2(C)CCC[C@@](C)(O)[C@@H]2C1. The number of hydrogen-bond acceptors (Lipinski definition) is 7. The lowest BCUT2D eigenvalue weighted by molar-refractivity contribution is -0.331. The van der Waals surface area contributed by atoms with Crippen molar-refractivity contribution in [3.63, 3.8) is 0 Å². The van der Waals surface area contributed by atoms with E-state index in [4.69, 9.17) is 9.47 Å². The second-order valence-electron chi connectivity index (χ2n) is 10.3. The summed E-state index contributed by atoms with van der Waals surface area (Å²) in [6.45, 7) is 7.65. The first-order valence-corrected chi connectivity index (χ1v) is 10.6. The zero-order valence-corrected chi connectivity index (χ0v) is 17.5. The number of hydrogen-bond donors (Lipinski definition) is 5. The fraction of sp³-hybridized carbons (Fsp3) is 1.00. The molecule has 1 aliphatic heterocycles. The standard InChI is InChI=1S/C21H38O7/c1-19(2,28-18-17(25)16(24)15(23)13(11-22)27-18)12-6-9-20(3)7-5-8-21(4,26)14(20)10-12/h12-18,22-26H,5-11H2,1-4H3/t12-,13-,14-,15-,16+,17-,18+,20-,21-/m1/s1. The molecule has 1 heterocycles. The molecular weight excluding hydrogens is 364 g/mol. The van der Waals surface area contributed by atoms with Crippen LogP contribution in [0.15, 0.2) is 0 Å². The highest BCUT2D eigenvalue weighted by Gasteiger charge is 2.54. The van der Waals surface area contributed by atoms with Crippen LogP contribution in [0.5, 0.6) is 0 Å². The van der Waals surface area contributed by atoms with Crippen LogP contribution in [0.1, 0.15) is 66.2 Å². The molecule has 3 fully saturated rings. The van der Waals surface area contributed by atoms with E-state index in [1.165, 1.54) is 0 Å². The Morgan fingerprint density at radius 2 is 1.71 bits per heavy atom. The number of fused-ring (bicyclic) bond motifs is 1. The van der Waals surface area contributed by atoms with Crippen LogP contribution in [0.3, 0.4) is 0 Å². The predicted molar refractivity (Wildman–Crippen MR) is 102 cm³/mol. The van der Waals surface area contributed by atoms with Crippen LogP contribution < -0.4 is 0 Å². The van der Waals surface area contributed by atoms with E-state index in [0.717, 1.165) is 38.5 Å². The molecule has 9 atom stereocenters. The van der Waals surface area contributed by atoms with Crippen molar-refractivity contribution in [3.05, 3.63) is 0 Å². The highest BCUT2D eigenvalue weighted by Crippen LogP contribution is 2.57. The van der Waals surface area contributed by atoms with Crippen LogP contribution >= 0.6 is 0 Å². The minimum absolute atomic E-state index is 0.136. The van der Waals surface area contributed by atoms with Crippen molar-refractivity contribution in [2.75, 3.05) is 6.61 Å². The molecule has 2 aliphatic carbocycles. The third-order valence-corrected chi connectivity index (χ3v) is 7.86. The van der Waals surface area contributed by atoms with Gasteiger partial charge in [0.1, 0.15) is 24.4 Å². The zero-order valence-electron chi connectivity index (χ0n) is 17.5. The van der Waals surface area contributed by atoms with E-state index in [0.29, 0.717) is 0 Å². The van der Waals surface area contributed by atoms with Crippen LogP contribution in [0, 0.1) is 17.3 Å².